The molecule has 0 radical (unpaired) electrons. The average Bonchev–Trinajstić information content (AvgIpc) is 2.69. The van der Waals surface area contributed by atoms with E-state index in [9.17, 15) is 14.0 Å². The molecule has 0 unspecified atom stereocenters. The maximum Gasteiger partial charge on any atom is 0.343 e. The summed E-state index contributed by atoms with van der Waals surface area (Å²) in [6.07, 6.45) is 1.42. The van der Waals surface area contributed by atoms with Crippen LogP contribution in [0.4, 0.5) is 4.39 Å². The molecular formula is C21H13Cl2FN2O3. The van der Waals surface area contributed by atoms with Crippen molar-refractivity contribution in [2.24, 2.45) is 5.10 Å². The van der Waals surface area contributed by atoms with Crippen LogP contribution in [0.1, 0.15) is 26.3 Å². The molecule has 3 rings (SSSR count). The topological polar surface area (TPSA) is 67.8 Å². The largest absolute Gasteiger partial charge is 0.423 e. The lowest BCUT2D eigenvalue weighted by molar-refractivity contribution is 0.0734. The van der Waals surface area contributed by atoms with Gasteiger partial charge < -0.3 is 4.74 Å². The lowest BCUT2D eigenvalue weighted by Gasteiger charge is -2.05. The minimum atomic E-state index is -0.599. The van der Waals surface area contributed by atoms with E-state index in [1.54, 1.807) is 30.3 Å². The number of ether oxygens (including phenoxy) is 1. The summed E-state index contributed by atoms with van der Waals surface area (Å²) in [5.74, 6) is -1.20. The van der Waals surface area contributed by atoms with Crippen LogP contribution in [0.5, 0.6) is 5.75 Å². The van der Waals surface area contributed by atoms with E-state index in [2.05, 4.69) is 10.5 Å². The van der Waals surface area contributed by atoms with Gasteiger partial charge in [0.1, 0.15) is 11.6 Å². The number of hydrogen-bond acceptors (Lipinski definition) is 4. The van der Waals surface area contributed by atoms with Crippen molar-refractivity contribution in [3.8, 4) is 5.75 Å². The summed E-state index contributed by atoms with van der Waals surface area (Å²) in [7, 11) is 0. The Bertz CT molecular complexity index is 1070. The van der Waals surface area contributed by atoms with Gasteiger partial charge in [-0.15, -0.1) is 0 Å². The number of nitrogens with one attached hydrogen (secondary N) is 1. The number of halogens is 3. The fraction of sp³-hybridized carbons (Fsp3) is 0. The SMILES string of the molecule is O=C(Oc1ccc(/C=N/NC(=O)c2ccc(Cl)cc2Cl)cc1)c1ccc(F)cc1. The number of rotatable bonds is 5. The van der Waals surface area contributed by atoms with Crippen molar-refractivity contribution in [1.29, 1.82) is 0 Å². The molecule has 3 aromatic rings. The van der Waals surface area contributed by atoms with Crippen molar-refractivity contribution in [2.75, 3.05) is 0 Å². The predicted octanol–water partition coefficient (Wildman–Crippen LogP) is 5.12. The predicted molar refractivity (Wildman–Crippen MR) is 109 cm³/mol. The first kappa shape index (κ1) is 20.5. The third-order valence-electron chi connectivity index (χ3n) is 3.73. The van der Waals surface area contributed by atoms with Crippen LogP contribution in [-0.2, 0) is 0 Å². The van der Waals surface area contributed by atoms with E-state index >= 15 is 0 Å². The number of hydrogen-bond donors (Lipinski definition) is 1. The third-order valence-corrected chi connectivity index (χ3v) is 4.27. The molecule has 0 bridgehead atoms. The van der Waals surface area contributed by atoms with E-state index in [0.29, 0.717) is 16.3 Å². The van der Waals surface area contributed by atoms with E-state index in [1.807, 2.05) is 0 Å². The molecule has 3 aromatic carbocycles. The highest BCUT2D eigenvalue weighted by Crippen LogP contribution is 2.20. The number of hydrazone groups is 1. The zero-order chi connectivity index (χ0) is 20.8. The molecule has 0 aliphatic rings. The molecule has 0 atom stereocenters. The van der Waals surface area contributed by atoms with E-state index in [0.717, 1.165) is 0 Å². The van der Waals surface area contributed by atoms with Gasteiger partial charge in [-0.05, 0) is 72.3 Å². The number of carbonyl (C=O) groups is 2. The number of esters is 1. The first-order valence-corrected chi connectivity index (χ1v) is 9.04. The zero-order valence-electron chi connectivity index (χ0n) is 14.7. The summed E-state index contributed by atoms with van der Waals surface area (Å²) < 4.78 is 18.1. The summed E-state index contributed by atoms with van der Waals surface area (Å²) in [5, 5.41) is 4.51. The minimum absolute atomic E-state index is 0.220. The summed E-state index contributed by atoms with van der Waals surface area (Å²) in [4.78, 5) is 24.1. The zero-order valence-corrected chi connectivity index (χ0v) is 16.2. The van der Waals surface area contributed by atoms with Gasteiger partial charge in [0.05, 0.1) is 22.4 Å². The van der Waals surface area contributed by atoms with Gasteiger partial charge in [-0.2, -0.15) is 5.10 Å². The molecule has 0 saturated heterocycles. The molecule has 0 spiro atoms. The monoisotopic (exact) mass is 430 g/mol. The molecule has 1 amide bonds. The van der Waals surface area contributed by atoms with Gasteiger partial charge >= 0.3 is 5.97 Å². The highest BCUT2D eigenvalue weighted by atomic mass is 35.5. The Morgan fingerprint density at radius 2 is 1.66 bits per heavy atom. The maximum absolute atomic E-state index is 12.9. The first-order chi connectivity index (χ1) is 13.9. The lowest BCUT2D eigenvalue weighted by atomic mass is 10.2. The van der Waals surface area contributed by atoms with Crippen LogP contribution in [0.2, 0.25) is 10.0 Å². The summed E-state index contributed by atoms with van der Waals surface area (Å²) in [5.41, 5.74) is 3.51. The summed E-state index contributed by atoms with van der Waals surface area (Å²) in [6, 6.07) is 16.0. The number of benzene rings is 3. The van der Waals surface area contributed by atoms with Gasteiger partial charge in [0.25, 0.3) is 5.91 Å². The molecule has 0 saturated carbocycles. The smallest absolute Gasteiger partial charge is 0.343 e. The van der Waals surface area contributed by atoms with Crippen molar-refractivity contribution in [1.82, 2.24) is 5.43 Å². The van der Waals surface area contributed by atoms with Crippen LogP contribution in [0.15, 0.2) is 71.8 Å². The van der Waals surface area contributed by atoms with Crippen molar-refractivity contribution < 1.29 is 18.7 Å². The number of nitrogens with zero attached hydrogens (tertiary/aromatic N) is 1. The van der Waals surface area contributed by atoms with E-state index in [1.165, 1.54) is 42.6 Å². The molecule has 0 aliphatic carbocycles. The second-order valence-corrected chi connectivity index (χ2v) is 6.63. The Labute approximate surface area is 175 Å². The molecule has 29 heavy (non-hydrogen) atoms. The summed E-state index contributed by atoms with van der Waals surface area (Å²) in [6.45, 7) is 0. The second kappa shape index (κ2) is 9.32. The minimum Gasteiger partial charge on any atom is -0.423 e. The van der Waals surface area contributed by atoms with Crippen LogP contribution in [0, 0.1) is 5.82 Å². The molecule has 0 heterocycles. The van der Waals surface area contributed by atoms with Crippen LogP contribution in [0.3, 0.4) is 0 Å². The van der Waals surface area contributed by atoms with Gasteiger partial charge in [0.15, 0.2) is 0 Å². The van der Waals surface area contributed by atoms with E-state index in [-0.39, 0.29) is 16.1 Å². The molecule has 5 nitrogen and oxygen atoms in total. The van der Waals surface area contributed by atoms with Crippen LogP contribution in [-0.4, -0.2) is 18.1 Å². The molecule has 0 aliphatic heterocycles. The van der Waals surface area contributed by atoms with Gasteiger partial charge in [0.2, 0.25) is 0 Å². The Hall–Kier alpha value is -3.22. The molecule has 0 aromatic heterocycles. The first-order valence-electron chi connectivity index (χ1n) is 8.28. The Balaban J connectivity index is 1.57. The standard InChI is InChI=1S/C21H13Cl2FN2O3/c22-15-5-10-18(19(23)11-15)20(27)26-25-12-13-1-8-17(9-2-13)29-21(28)14-3-6-16(24)7-4-14/h1-12H,(H,26,27)/b25-12+. The van der Waals surface area contributed by atoms with Gasteiger partial charge in [0, 0.05) is 5.02 Å². The van der Waals surface area contributed by atoms with Crippen LogP contribution < -0.4 is 10.2 Å². The number of carbonyl (C=O) groups excluding carboxylic acids is 2. The number of amides is 1. The average molecular weight is 431 g/mol. The molecule has 146 valence electrons. The molecule has 8 heteroatoms. The quantitative estimate of drug-likeness (QED) is 0.264. The van der Waals surface area contributed by atoms with Crippen molar-refractivity contribution in [2.45, 2.75) is 0 Å². The van der Waals surface area contributed by atoms with Gasteiger partial charge in [-0.25, -0.2) is 14.6 Å². The fourth-order valence-electron chi connectivity index (χ4n) is 2.27. The van der Waals surface area contributed by atoms with Crippen molar-refractivity contribution in [3.63, 3.8) is 0 Å². The Morgan fingerprint density at radius 3 is 2.31 bits per heavy atom. The van der Waals surface area contributed by atoms with Gasteiger partial charge in [-0.1, -0.05) is 23.2 Å². The Morgan fingerprint density at radius 1 is 0.966 bits per heavy atom. The van der Waals surface area contributed by atoms with Crippen molar-refractivity contribution in [3.05, 3.63) is 99.3 Å². The Kier molecular flexibility index (Phi) is 6.59. The van der Waals surface area contributed by atoms with Crippen LogP contribution in [0.25, 0.3) is 0 Å². The van der Waals surface area contributed by atoms with Gasteiger partial charge in [-0.3, -0.25) is 4.79 Å². The highest BCUT2D eigenvalue weighted by Gasteiger charge is 2.10. The fourth-order valence-corrected chi connectivity index (χ4v) is 2.77. The summed E-state index contributed by atoms with van der Waals surface area (Å²) >= 11 is 11.8. The maximum atomic E-state index is 12.9. The third kappa shape index (κ3) is 5.63. The van der Waals surface area contributed by atoms with Crippen LogP contribution >= 0.6 is 23.2 Å². The second-order valence-electron chi connectivity index (χ2n) is 5.79. The molecular weight excluding hydrogens is 418 g/mol. The normalized spacial score (nSPS) is 10.7. The lowest BCUT2D eigenvalue weighted by Crippen LogP contribution is -2.18. The molecule has 0 fully saturated rings. The van der Waals surface area contributed by atoms with E-state index < -0.39 is 17.7 Å². The van der Waals surface area contributed by atoms with Crippen molar-refractivity contribution >= 4 is 41.3 Å². The van der Waals surface area contributed by atoms with E-state index in [4.69, 9.17) is 27.9 Å². The molecule has 1 N–H and O–H groups in total. The highest BCUT2D eigenvalue weighted by molar-refractivity contribution is 6.36.